The van der Waals surface area contributed by atoms with Crippen molar-refractivity contribution in [1.29, 1.82) is 0 Å². The van der Waals surface area contributed by atoms with Crippen LogP contribution in [0.1, 0.15) is 47.7 Å². The van der Waals surface area contributed by atoms with E-state index in [0.717, 1.165) is 40.8 Å². The van der Waals surface area contributed by atoms with Crippen molar-refractivity contribution in [2.45, 2.75) is 43.4 Å². The predicted molar refractivity (Wildman–Crippen MR) is 96.8 cm³/mol. The number of aromatic nitrogens is 2. The van der Waals surface area contributed by atoms with E-state index >= 15 is 0 Å². The predicted octanol–water partition coefficient (Wildman–Crippen LogP) is 4.21. The normalized spacial score (nSPS) is 13.6. The Balaban J connectivity index is 1.57. The molecule has 0 radical (unpaired) electrons. The van der Waals surface area contributed by atoms with Crippen LogP contribution in [-0.2, 0) is 12.8 Å². The van der Waals surface area contributed by atoms with Crippen LogP contribution < -0.4 is 5.32 Å². The number of benzene rings is 1. The number of Topliss-reactive ketones (excluding diaryl/α,β-unsaturated/α-hetero) is 1. The lowest BCUT2D eigenvalue weighted by atomic mass is 9.90. The molecule has 3 rings (SSSR count). The van der Waals surface area contributed by atoms with Gasteiger partial charge in [-0.15, -0.1) is 10.2 Å². The van der Waals surface area contributed by atoms with Crippen LogP contribution in [-0.4, -0.2) is 28.3 Å². The molecule has 4 nitrogen and oxygen atoms in total. The van der Waals surface area contributed by atoms with Crippen molar-refractivity contribution >= 4 is 34.0 Å². The molecule has 0 saturated heterocycles. The summed E-state index contributed by atoms with van der Waals surface area (Å²) in [6, 6.07) is 6.19. The van der Waals surface area contributed by atoms with Crippen LogP contribution in [0.4, 0.5) is 5.13 Å². The van der Waals surface area contributed by atoms with Gasteiger partial charge in [0.15, 0.2) is 10.1 Å². The lowest BCUT2D eigenvalue weighted by Crippen LogP contribution is -2.07. The van der Waals surface area contributed by atoms with Crippen molar-refractivity contribution in [3.8, 4) is 0 Å². The van der Waals surface area contributed by atoms with E-state index in [4.69, 9.17) is 0 Å². The Morgan fingerprint density at radius 1 is 1.26 bits per heavy atom. The zero-order chi connectivity index (χ0) is 16.1. The molecule has 122 valence electrons. The van der Waals surface area contributed by atoms with Gasteiger partial charge < -0.3 is 5.32 Å². The molecular formula is C17H21N3OS2. The highest BCUT2D eigenvalue weighted by Crippen LogP contribution is 2.27. The molecule has 23 heavy (non-hydrogen) atoms. The SMILES string of the molecule is CCCNc1nnc(SCC(=O)c2ccc3c(c2)CCCC3)s1. The molecule has 1 aromatic heterocycles. The Bertz CT molecular complexity index is 684. The molecule has 0 fully saturated rings. The molecule has 0 spiro atoms. The molecule has 0 atom stereocenters. The molecular weight excluding hydrogens is 326 g/mol. The van der Waals surface area contributed by atoms with Crippen molar-refractivity contribution < 1.29 is 4.79 Å². The third kappa shape index (κ3) is 4.32. The number of aryl methyl sites for hydroxylation is 2. The monoisotopic (exact) mass is 347 g/mol. The number of anilines is 1. The van der Waals surface area contributed by atoms with E-state index in [0.29, 0.717) is 5.75 Å². The van der Waals surface area contributed by atoms with Crippen LogP contribution in [0.2, 0.25) is 0 Å². The Hall–Kier alpha value is -1.40. The number of hydrogen-bond donors (Lipinski definition) is 1. The number of fused-ring (bicyclic) bond motifs is 1. The summed E-state index contributed by atoms with van der Waals surface area (Å²) in [6.45, 7) is 3.01. The van der Waals surface area contributed by atoms with Gasteiger partial charge in [0, 0.05) is 12.1 Å². The highest BCUT2D eigenvalue weighted by atomic mass is 32.2. The van der Waals surface area contributed by atoms with Gasteiger partial charge in [0.05, 0.1) is 5.75 Å². The van der Waals surface area contributed by atoms with Gasteiger partial charge in [0.2, 0.25) is 5.13 Å². The summed E-state index contributed by atoms with van der Waals surface area (Å²) >= 11 is 2.98. The lowest BCUT2D eigenvalue weighted by Gasteiger charge is -2.16. The summed E-state index contributed by atoms with van der Waals surface area (Å²) in [7, 11) is 0. The number of carbonyl (C=O) groups excluding carboxylic acids is 1. The van der Waals surface area contributed by atoms with Gasteiger partial charge in [-0.1, -0.05) is 42.2 Å². The first-order chi connectivity index (χ1) is 11.3. The zero-order valence-corrected chi connectivity index (χ0v) is 14.9. The van der Waals surface area contributed by atoms with Crippen LogP contribution >= 0.6 is 23.1 Å². The molecule has 1 aromatic carbocycles. The van der Waals surface area contributed by atoms with Gasteiger partial charge in [-0.3, -0.25) is 4.79 Å². The fourth-order valence-electron chi connectivity index (χ4n) is 2.69. The van der Waals surface area contributed by atoms with Gasteiger partial charge in [0.25, 0.3) is 0 Å². The molecule has 6 heteroatoms. The van der Waals surface area contributed by atoms with Crippen molar-refractivity contribution in [2.75, 3.05) is 17.6 Å². The van der Waals surface area contributed by atoms with E-state index in [1.54, 1.807) is 0 Å². The second-order valence-electron chi connectivity index (χ2n) is 5.70. The summed E-state index contributed by atoms with van der Waals surface area (Å²) in [6.07, 6.45) is 5.81. The van der Waals surface area contributed by atoms with Crippen LogP contribution in [0.25, 0.3) is 0 Å². The summed E-state index contributed by atoms with van der Waals surface area (Å²) in [4.78, 5) is 12.4. The average molecular weight is 348 g/mol. The molecule has 0 bridgehead atoms. The summed E-state index contributed by atoms with van der Waals surface area (Å²) in [5.74, 6) is 0.586. The van der Waals surface area contributed by atoms with Gasteiger partial charge in [-0.2, -0.15) is 0 Å². The summed E-state index contributed by atoms with van der Waals surface area (Å²) < 4.78 is 0.843. The smallest absolute Gasteiger partial charge is 0.206 e. The van der Waals surface area contributed by atoms with Crippen LogP contribution in [0.15, 0.2) is 22.5 Å². The topological polar surface area (TPSA) is 54.9 Å². The highest BCUT2D eigenvalue weighted by Gasteiger charge is 2.14. The van der Waals surface area contributed by atoms with Crippen LogP contribution in [0.5, 0.6) is 0 Å². The third-order valence-corrected chi connectivity index (χ3v) is 5.94. The van der Waals surface area contributed by atoms with E-state index in [1.165, 1.54) is 47.1 Å². The summed E-state index contributed by atoms with van der Waals surface area (Å²) in [5.41, 5.74) is 3.59. The maximum atomic E-state index is 12.4. The Kier molecular flexibility index (Phi) is 5.67. The van der Waals surface area contributed by atoms with Crippen molar-refractivity contribution in [1.82, 2.24) is 10.2 Å². The fraction of sp³-hybridized carbons (Fsp3) is 0.471. The molecule has 0 aliphatic heterocycles. The van der Waals surface area contributed by atoms with E-state index in [9.17, 15) is 4.79 Å². The standard InChI is InChI=1S/C17H21N3OS2/c1-2-9-18-16-19-20-17(23-16)22-11-15(21)14-8-7-12-5-3-4-6-13(12)10-14/h7-8,10H,2-6,9,11H2,1H3,(H,18,19). The minimum atomic E-state index is 0.168. The first kappa shape index (κ1) is 16.5. The average Bonchev–Trinajstić information content (AvgIpc) is 3.05. The van der Waals surface area contributed by atoms with Gasteiger partial charge in [0.1, 0.15) is 0 Å². The van der Waals surface area contributed by atoms with Crippen molar-refractivity contribution in [2.24, 2.45) is 0 Å². The Labute approximate surface area is 145 Å². The van der Waals surface area contributed by atoms with Crippen LogP contribution in [0.3, 0.4) is 0 Å². The Morgan fingerprint density at radius 3 is 2.91 bits per heavy atom. The maximum absolute atomic E-state index is 12.4. The number of rotatable bonds is 7. The van der Waals surface area contributed by atoms with Gasteiger partial charge >= 0.3 is 0 Å². The Morgan fingerprint density at radius 2 is 2.09 bits per heavy atom. The first-order valence-corrected chi connectivity index (χ1v) is 9.91. The largest absolute Gasteiger partial charge is 0.360 e. The number of thioether (sulfide) groups is 1. The number of carbonyl (C=O) groups is 1. The second-order valence-corrected chi connectivity index (χ2v) is 7.90. The quantitative estimate of drug-likeness (QED) is 0.600. The minimum Gasteiger partial charge on any atom is -0.360 e. The molecule has 1 N–H and O–H groups in total. The number of ketones is 1. The van der Waals surface area contributed by atoms with Crippen molar-refractivity contribution in [3.05, 3.63) is 34.9 Å². The molecule has 1 aliphatic rings. The summed E-state index contributed by atoms with van der Waals surface area (Å²) in [5, 5.41) is 12.3. The fourth-order valence-corrected chi connectivity index (χ4v) is 4.36. The van der Waals surface area contributed by atoms with E-state index in [2.05, 4.69) is 34.6 Å². The lowest BCUT2D eigenvalue weighted by molar-refractivity contribution is 0.102. The maximum Gasteiger partial charge on any atom is 0.206 e. The van der Waals surface area contributed by atoms with Gasteiger partial charge in [-0.25, -0.2) is 0 Å². The first-order valence-electron chi connectivity index (χ1n) is 8.11. The molecule has 1 heterocycles. The van der Waals surface area contributed by atoms with Crippen molar-refractivity contribution in [3.63, 3.8) is 0 Å². The zero-order valence-electron chi connectivity index (χ0n) is 13.3. The minimum absolute atomic E-state index is 0.168. The second kappa shape index (κ2) is 7.93. The molecule has 2 aromatic rings. The van der Waals surface area contributed by atoms with E-state index < -0.39 is 0 Å². The number of nitrogens with zero attached hydrogens (tertiary/aromatic N) is 2. The highest BCUT2D eigenvalue weighted by molar-refractivity contribution is 8.01. The third-order valence-electron chi connectivity index (χ3n) is 3.93. The molecule has 0 amide bonds. The van der Waals surface area contributed by atoms with Gasteiger partial charge in [-0.05, 0) is 49.3 Å². The van der Waals surface area contributed by atoms with E-state index in [-0.39, 0.29) is 5.78 Å². The number of nitrogens with one attached hydrogen (secondary N) is 1. The number of hydrogen-bond acceptors (Lipinski definition) is 6. The molecule has 0 unspecified atom stereocenters. The molecule has 1 aliphatic carbocycles. The van der Waals surface area contributed by atoms with Crippen LogP contribution in [0, 0.1) is 0 Å². The van der Waals surface area contributed by atoms with E-state index in [1.807, 2.05) is 6.07 Å². The molecule has 0 saturated carbocycles.